The van der Waals surface area contributed by atoms with Crippen molar-refractivity contribution in [3.63, 3.8) is 0 Å². The number of allylic oxidation sites excluding steroid dienone is 1. The predicted molar refractivity (Wildman–Crippen MR) is 57.7 cm³/mol. The maximum atomic E-state index is 10.8. The van der Waals surface area contributed by atoms with Crippen LogP contribution < -0.4 is 4.74 Å². The fraction of sp³-hybridized carbons (Fsp3) is 0.250. The summed E-state index contributed by atoms with van der Waals surface area (Å²) < 4.78 is 5.24. The second kappa shape index (κ2) is 5.86. The van der Waals surface area contributed by atoms with Gasteiger partial charge in [-0.25, -0.2) is 4.79 Å². The van der Waals surface area contributed by atoms with Crippen LogP contribution in [0.5, 0.6) is 5.75 Å². The van der Waals surface area contributed by atoms with Crippen LogP contribution in [0.15, 0.2) is 42.2 Å². The smallest absolute Gasteiger partial charge is 0.371 e. The van der Waals surface area contributed by atoms with Gasteiger partial charge in [-0.15, -0.1) is 0 Å². The molecule has 1 aromatic carbocycles. The summed E-state index contributed by atoms with van der Waals surface area (Å²) in [6.07, 6.45) is 3.19. The Bertz CT molecular complexity index is 341. The highest BCUT2D eigenvalue weighted by Gasteiger charge is 2.08. The number of para-hydroxylation sites is 1. The molecule has 0 aromatic heterocycles. The van der Waals surface area contributed by atoms with E-state index < -0.39 is 5.97 Å². The van der Waals surface area contributed by atoms with Crippen molar-refractivity contribution >= 4 is 5.97 Å². The van der Waals surface area contributed by atoms with E-state index in [0.29, 0.717) is 12.2 Å². The van der Waals surface area contributed by atoms with Crippen LogP contribution in [0.2, 0.25) is 0 Å². The van der Waals surface area contributed by atoms with Gasteiger partial charge in [0.25, 0.3) is 0 Å². The Morgan fingerprint density at radius 2 is 2.07 bits per heavy atom. The van der Waals surface area contributed by atoms with E-state index in [-0.39, 0.29) is 5.76 Å². The molecule has 0 aliphatic heterocycles. The quantitative estimate of drug-likeness (QED) is 0.595. The summed E-state index contributed by atoms with van der Waals surface area (Å²) >= 11 is 0. The van der Waals surface area contributed by atoms with Crippen LogP contribution in [0.4, 0.5) is 0 Å². The van der Waals surface area contributed by atoms with Gasteiger partial charge in [0.2, 0.25) is 5.76 Å². The van der Waals surface area contributed by atoms with Gasteiger partial charge in [-0.1, -0.05) is 31.5 Å². The number of ether oxygens (including phenoxy) is 1. The Balaban J connectivity index is 2.72. The van der Waals surface area contributed by atoms with Gasteiger partial charge in [0, 0.05) is 0 Å². The third-order valence-electron chi connectivity index (χ3n) is 1.80. The Labute approximate surface area is 89.0 Å². The second-order valence-corrected chi connectivity index (χ2v) is 3.08. The van der Waals surface area contributed by atoms with E-state index in [0.717, 1.165) is 6.42 Å². The van der Waals surface area contributed by atoms with Crippen molar-refractivity contribution in [2.75, 3.05) is 0 Å². The van der Waals surface area contributed by atoms with E-state index in [1.165, 1.54) is 0 Å². The zero-order valence-corrected chi connectivity index (χ0v) is 8.64. The molecule has 0 aliphatic carbocycles. The fourth-order valence-corrected chi connectivity index (χ4v) is 1.06. The molecule has 1 aromatic rings. The van der Waals surface area contributed by atoms with Gasteiger partial charge in [-0.2, -0.15) is 0 Å². The average Bonchev–Trinajstić information content (AvgIpc) is 2.25. The van der Waals surface area contributed by atoms with Gasteiger partial charge in [-0.05, 0) is 24.6 Å². The second-order valence-electron chi connectivity index (χ2n) is 3.08. The SMILES string of the molecule is CCCC=C(Oc1ccccc1)C(=O)O. The maximum Gasteiger partial charge on any atom is 0.371 e. The van der Waals surface area contributed by atoms with Crippen LogP contribution in [0.25, 0.3) is 0 Å². The molecule has 0 radical (unpaired) electrons. The first kappa shape index (κ1) is 11.3. The highest BCUT2D eigenvalue weighted by molar-refractivity contribution is 5.84. The molecule has 0 spiro atoms. The van der Waals surface area contributed by atoms with E-state index in [4.69, 9.17) is 9.84 Å². The topological polar surface area (TPSA) is 46.5 Å². The van der Waals surface area contributed by atoms with Gasteiger partial charge in [0.1, 0.15) is 5.75 Å². The van der Waals surface area contributed by atoms with Gasteiger partial charge in [0.05, 0.1) is 0 Å². The third-order valence-corrected chi connectivity index (χ3v) is 1.80. The Morgan fingerprint density at radius 3 is 2.60 bits per heavy atom. The van der Waals surface area contributed by atoms with Crippen molar-refractivity contribution < 1.29 is 14.6 Å². The van der Waals surface area contributed by atoms with Crippen molar-refractivity contribution in [1.82, 2.24) is 0 Å². The maximum absolute atomic E-state index is 10.8. The number of benzene rings is 1. The number of carboxylic acid groups (broad SMARTS) is 1. The van der Waals surface area contributed by atoms with E-state index in [9.17, 15) is 4.79 Å². The number of hydrogen-bond donors (Lipinski definition) is 1. The zero-order valence-electron chi connectivity index (χ0n) is 8.64. The first-order valence-corrected chi connectivity index (χ1v) is 4.90. The minimum atomic E-state index is -1.03. The molecule has 3 heteroatoms. The first-order chi connectivity index (χ1) is 7.24. The minimum absolute atomic E-state index is 0.0111. The van der Waals surface area contributed by atoms with Crippen LogP contribution in [-0.2, 0) is 4.79 Å². The minimum Gasteiger partial charge on any atom is -0.475 e. The van der Waals surface area contributed by atoms with Crippen LogP contribution in [-0.4, -0.2) is 11.1 Å². The number of unbranched alkanes of at least 4 members (excludes halogenated alkanes) is 1. The lowest BCUT2D eigenvalue weighted by Crippen LogP contribution is -2.07. The monoisotopic (exact) mass is 206 g/mol. The zero-order chi connectivity index (χ0) is 11.1. The molecule has 15 heavy (non-hydrogen) atoms. The van der Waals surface area contributed by atoms with Crippen molar-refractivity contribution in [1.29, 1.82) is 0 Å². The number of carbonyl (C=O) groups is 1. The summed E-state index contributed by atoms with van der Waals surface area (Å²) in [6.45, 7) is 1.98. The number of aliphatic carboxylic acids is 1. The molecule has 0 bridgehead atoms. The van der Waals surface area contributed by atoms with E-state index in [1.54, 1.807) is 30.3 Å². The van der Waals surface area contributed by atoms with Crippen LogP contribution in [0.1, 0.15) is 19.8 Å². The predicted octanol–water partition coefficient (Wildman–Crippen LogP) is 2.83. The molecular weight excluding hydrogens is 192 g/mol. The summed E-state index contributed by atoms with van der Waals surface area (Å²) in [5.74, 6) is -0.502. The van der Waals surface area contributed by atoms with Crippen LogP contribution in [0, 0.1) is 0 Å². The summed E-state index contributed by atoms with van der Waals surface area (Å²) in [5, 5.41) is 8.87. The normalized spacial score (nSPS) is 11.1. The van der Waals surface area contributed by atoms with Gasteiger partial charge in [0.15, 0.2) is 0 Å². The van der Waals surface area contributed by atoms with Gasteiger partial charge < -0.3 is 9.84 Å². The molecule has 0 fully saturated rings. The lowest BCUT2D eigenvalue weighted by Gasteiger charge is -2.05. The summed E-state index contributed by atoms with van der Waals surface area (Å²) in [6, 6.07) is 8.90. The van der Waals surface area contributed by atoms with E-state index in [2.05, 4.69) is 0 Å². The lowest BCUT2D eigenvalue weighted by atomic mass is 10.3. The molecule has 0 unspecified atom stereocenters. The Morgan fingerprint density at radius 1 is 1.40 bits per heavy atom. The standard InChI is InChI=1S/C12H14O3/c1-2-3-9-11(12(13)14)15-10-7-5-4-6-8-10/h4-9H,2-3H2,1H3,(H,13,14). The van der Waals surface area contributed by atoms with Crippen molar-refractivity contribution in [2.24, 2.45) is 0 Å². The highest BCUT2D eigenvalue weighted by atomic mass is 16.5. The van der Waals surface area contributed by atoms with Crippen LogP contribution >= 0.6 is 0 Å². The Hall–Kier alpha value is -1.77. The molecule has 0 atom stereocenters. The molecule has 0 saturated carbocycles. The largest absolute Gasteiger partial charge is 0.475 e. The lowest BCUT2D eigenvalue weighted by molar-refractivity contribution is -0.135. The molecule has 0 heterocycles. The molecule has 1 N–H and O–H groups in total. The molecule has 3 nitrogen and oxygen atoms in total. The molecule has 0 amide bonds. The van der Waals surface area contributed by atoms with Crippen molar-refractivity contribution in [2.45, 2.75) is 19.8 Å². The molecule has 1 rings (SSSR count). The van der Waals surface area contributed by atoms with Crippen LogP contribution in [0.3, 0.4) is 0 Å². The average molecular weight is 206 g/mol. The summed E-state index contributed by atoms with van der Waals surface area (Å²) in [7, 11) is 0. The first-order valence-electron chi connectivity index (χ1n) is 4.90. The highest BCUT2D eigenvalue weighted by Crippen LogP contribution is 2.13. The van der Waals surface area contributed by atoms with Gasteiger partial charge >= 0.3 is 5.97 Å². The molecule has 0 saturated heterocycles. The number of carboxylic acids is 1. The van der Waals surface area contributed by atoms with Crippen molar-refractivity contribution in [3.05, 3.63) is 42.2 Å². The fourth-order valence-electron chi connectivity index (χ4n) is 1.06. The van der Waals surface area contributed by atoms with E-state index >= 15 is 0 Å². The number of rotatable bonds is 5. The summed E-state index contributed by atoms with van der Waals surface area (Å²) in [4.78, 5) is 10.8. The third kappa shape index (κ3) is 3.85. The van der Waals surface area contributed by atoms with Crippen molar-refractivity contribution in [3.8, 4) is 5.75 Å². The summed E-state index contributed by atoms with van der Waals surface area (Å²) in [5.41, 5.74) is 0. The molecular formula is C12H14O3. The molecule has 0 aliphatic rings. The number of hydrogen-bond acceptors (Lipinski definition) is 2. The van der Waals surface area contributed by atoms with Gasteiger partial charge in [-0.3, -0.25) is 0 Å². The molecule has 80 valence electrons. The Kier molecular flexibility index (Phi) is 4.41. The van der Waals surface area contributed by atoms with E-state index in [1.807, 2.05) is 13.0 Å².